The van der Waals surface area contributed by atoms with Gasteiger partial charge < -0.3 is 15.6 Å². The van der Waals surface area contributed by atoms with E-state index in [4.69, 9.17) is 5.73 Å². The summed E-state index contributed by atoms with van der Waals surface area (Å²) in [6.07, 6.45) is 3.22. The number of methoxy groups -OCH3 is 1. The van der Waals surface area contributed by atoms with Gasteiger partial charge in [-0.3, -0.25) is 4.79 Å². The first-order valence-corrected chi connectivity index (χ1v) is 6.71. The number of ether oxygens (including phenoxy) is 1. The van der Waals surface area contributed by atoms with Gasteiger partial charge in [-0.2, -0.15) is 0 Å². The van der Waals surface area contributed by atoms with Gasteiger partial charge in [0, 0.05) is 6.42 Å². The fourth-order valence-corrected chi connectivity index (χ4v) is 1.90. The summed E-state index contributed by atoms with van der Waals surface area (Å²) in [5, 5.41) is 9.98. The smallest absolute Gasteiger partial charge is 0.305 e. The number of carbonyl (C=O) groups is 1. The number of hydrogen-bond acceptors (Lipinski definition) is 4. The zero-order valence-electron chi connectivity index (χ0n) is 11.5. The van der Waals surface area contributed by atoms with Gasteiger partial charge in [0.25, 0.3) is 0 Å². The summed E-state index contributed by atoms with van der Waals surface area (Å²) in [5.74, 6) is -0.203. The Kier molecular flexibility index (Phi) is 7.15. The molecule has 0 aliphatic rings. The van der Waals surface area contributed by atoms with E-state index in [1.807, 2.05) is 24.3 Å². The first-order valence-electron chi connectivity index (χ1n) is 6.71. The Morgan fingerprint density at radius 1 is 1.32 bits per heavy atom. The molecule has 1 atom stereocenters. The van der Waals surface area contributed by atoms with Crippen LogP contribution in [0.15, 0.2) is 24.3 Å². The molecule has 0 aromatic heterocycles. The number of nitrogens with two attached hydrogens (primary N) is 1. The third kappa shape index (κ3) is 5.85. The Morgan fingerprint density at radius 2 is 2.00 bits per heavy atom. The number of carbonyl (C=O) groups excluding carboxylic acids is 1. The third-order valence-electron chi connectivity index (χ3n) is 3.14. The quantitative estimate of drug-likeness (QED) is 0.556. The molecular weight excluding hydrogens is 242 g/mol. The van der Waals surface area contributed by atoms with E-state index in [-0.39, 0.29) is 5.97 Å². The third-order valence-corrected chi connectivity index (χ3v) is 3.14. The normalized spacial score (nSPS) is 12.2. The van der Waals surface area contributed by atoms with Crippen LogP contribution in [-0.4, -0.2) is 24.7 Å². The predicted octanol–water partition coefficient (Wildman–Crippen LogP) is 1.95. The van der Waals surface area contributed by atoms with Crippen LogP contribution in [0.5, 0.6) is 0 Å². The molecule has 0 heterocycles. The van der Waals surface area contributed by atoms with Crippen LogP contribution in [0, 0.1) is 0 Å². The van der Waals surface area contributed by atoms with Crippen molar-refractivity contribution >= 4 is 5.97 Å². The van der Waals surface area contributed by atoms with Crippen LogP contribution in [0.25, 0.3) is 0 Å². The maximum absolute atomic E-state index is 11.0. The number of unbranched alkanes of at least 4 members (excludes halogenated alkanes) is 1. The predicted molar refractivity (Wildman–Crippen MR) is 74.6 cm³/mol. The summed E-state index contributed by atoms with van der Waals surface area (Å²) in [6.45, 7) is 0.666. The number of aliphatic hydroxyl groups is 1. The Labute approximate surface area is 114 Å². The fraction of sp³-hybridized carbons (Fsp3) is 0.533. The van der Waals surface area contributed by atoms with E-state index in [1.165, 1.54) is 7.11 Å². The van der Waals surface area contributed by atoms with Crippen LogP contribution in [0.1, 0.15) is 42.9 Å². The number of hydrogen-bond donors (Lipinski definition) is 2. The summed E-state index contributed by atoms with van der Waals surface area (Å²) in [6, 6.07) is 7.73. The molecule has 1 aromatic rings. The van der Waals surface area contributed by atoms with Gasteiger partial charge in [-0.05, 0) is 43.4 Å². The van der Waals surface area contributed by atoms with E-state index in [2.05, 4.69) is 4.74 Å². The van der Waals surface area contributed by atoms with Crippen molar-refractivity contribution in [3.63, 3.8) is 0 Å². The molecule has 1 rings (SSSR count). The molecule has 3 N–H and O–H groups in total. The summed E-state index contributed by atoms with van der Waals surface area (Å²) in [4.78, 5) is 11.0. The van der Waals surface area contributed by atoms with E-state index in [1.54, 1.807) is 0 Å². The Hall–Kier alpha value is -1.39. The lowest BCUT2D eigenvalue weighted by Gasteiger charge is -2.11. The van der Waals surface area contributed by atoms with Crippen LogP contribution < -0.4 is 5.73 Å². The standard InChI is InChI=1S/C15H23NO3/c1-19-15(18)10-7-12-5-8-13(9-6-12)14(17)4-2-3-11-16/h5-6,8-9,14,17H,2-4,7,10-11,16H2,1H3. The lowest BCUT2D eigenvalue weighted by atomic mass is 10.0. The number of aryl methyl sites for hydroxylation is 1. The Bertz CT molecular complexity index is 375. The van der Waals surface area contributed by atoms with Gasteiger partial charge in [-0.1, -0.05) is 24.3 Å². The lowest BCUT2D eigenvalue weighted by molar-refractivity contribution is -0.140. The van der Waals surface area contributed by atoms with Gasteiger partial charge in [0.05, 0.1) is 13.2 Å². The maximum Gasteiger partial charge on any atom is 0.305 e. The maximum atomic E-state index is 11.0. The van der Waals surface area contributed by atoms with Gasteiger partial charge >= 0.3 is 5.97 Å². The molecule has 1 unspecified atom stereocenters. The SMILES string of the molecule is COC(=O)CCc1ccc(C(O)CCCCN)cc1. The topological polar surface area (TPSA) is 72.5 Å². The highest BCUT2D eigenvalue weighted by atomic mass is 16.5. The van der Waals surface area contributed by atoms with E-state index in [0.29, 0.717) is 19.4 Å². The van der Waals surface area contributed by atoms with Gasteiger partial charge in [0.1, 0.15) is 0 Å². The number of aliphatic hydroxyl groups excluding tert-OH is 1. The van der Waals surface area contributed by atoms with Crippen LogP contribution in [0.3, 0.4) is 0 Å². The van der Waals surface area contributed by atoms with E-state index in [0.717, 1.165) is 30.4 Å². The van der Waals surface area contributed by atoms with Crippen molar-refractivity contribution in [2.75, 3.05) is 13.7 Å². The second-order valence-corrected chi connectivity index (χ2v) is 4.62. The zero-order chi connectivity index (χ0) is 14.1. The first-order chi connectivity index (χ1) is 9.17. The van der Waals surface area contributed by atoms with Crippen molar-refractivity contribution < 1.29 is 14.6 Å². The highest BCUT2D eigenvalue weighted by Crippen LogP contribution is 2.19. The highest BCUT2D eigenvalue weighted by Gasteiger charge is 2.07. The van der Waals surface area contributed by atoms with Crippen molar-refractivity contribution in [2.24, 2.45) is 5.73 Å². The molecule has 0 bridgehead atoms. The minimum absolute atomic E-state index is 0.203. The molecule has 0 saturated heterocycles. The van der Waals surface area contributed by atoms with Crippen LogP contribution >= 0.6 is 0 Å². The second kappa shape index (κ2) is 8.67. The fourth-order valence-electron chi connectivity index (χ4n) is 1.90. The van der Waals surface area contributed by atoms with Crippen LogP contribution in [0.2, 0.25) is 0 Å². The van der Waals surface area contributed by atoms with Crippen molar-refractivity contribution in [3.05, 3.63) is 35.4 Å². The van der Waals surface area contributed by atoms with E-state index in [9.17, 15) is 9.90 Å². The van der Waals surface area contributed by atoms with Crippen LogP contribution in [-0.2, 0) is 16.0 Å². The van der Waals surface area contributed by atoms with E-state index >= 15 is 0 Å². The summed E-state index contributed by atoms with van der Waals surface area (Å²) in [7, 11) is 1.39. The summed E-state index contributed by atoms with van der Waals surface area (Å²) >= 11 is 0. The molecule has 0 radical (unpaired) electrons. The number of esters is 1. The average molecular weight is 265 g/mol. The van der Waals surface area contributed by atoms with Crippen molar-refractivity contribution in [1.82, 2.24) is 0 Å². The van der Waals surface area contributed by atoms with Gasteiger partial charge in [-0.15, -0.1) is 0 Å². The molecule has 0 aliphatic carbocycles. The van der Waals surface area contributed by atoms with E-state index < -0.39 is 6.10 Å². The molecule has 0 saturated carbocycles. The number of benzene rings is 1. The Balaban J connectivity index is 2.44. The molecule has 0 fully saturated rings. The monoisotopic (exact) mass is 265 g/mol. The molecule has 4 nitrogen and oxygen atoms in total. The molecule has 19 heavy (non-hydrogen) atoms. The van der Waals surface area contributed by atoms with Gasteiger partial charge in [0.15, 0.2) is 0 Å². The van der Waals surface area contributed by atoms with Crippen LogP contribution in [0.4, 0.5) is 0 Å². The van der Waals surface area contributed by atoms with Crippen molar-refractivity contribution in [1.29, 1.82) is 0 Å². The molecule has 1 aromatic carbocycles. The molecule has 0 aliphatic heterocycles. The average Bonchev–Trinajstić information content (AvgIpc) is 2.45. The molecule has 106 valence electrons. The Morgan fingerprint density at radius 3 is 2.58 bits per heavy atom. The molecule has 4 heteroatoms. The lowest BCUT2D eigenvalue weighted by Crippen LogP contribution is -2.03. The van der Waals surface area contributed by atoms with Crippen molar-refractivity contribution in [3.8, 4) is 0 Å². The molecular formula is C15H23NO3. The van der Waals surface area contributed by atoms with Gasteiger partial charge in [0.2, 0.25) is 0 Å². The molecule has 0 amide bonds. The minimum Gasteiger partial charge on any atom is -0.469 e. The highest BCUT2D eigenvalue weighted by molar-refractivity contribution is 5.69. The second-order valence-electron chi connectivity index (χ2n) is 4.62. The number of rotatable bonds is 8. The van der Waals surface area contributed by atoms with Crippen molar-refractivity contribution in [2.45, 2.75) is 38.2 Å². The first kappa shape index (κ1) is 15.7. The zero-order valence-corrected chi connectivity index (χ0v) is 11.5. The minimum atomic E-state index is -0.429. The molecule has 0 spiro atoms. The summed E-state index contributed by atoms with van der Waals surface area (Å²) < 4.78 is 4.60. The largest absolute Gasteiger partial charge is 0.469 e. The van der Waals surface area contributed by atoms with Gasteiger partial charge in [-0.25, -0.2) is 0 Å². The summed E-state index contributed by atoms with van der Waals surface area (Å²) in [5.41, 5.74) is 7.41.